The van der Waals surface area contributed by atoms with E-state index in [1.54, 1.807) is 11.3 Å². The van der Waals surface area contributed by atoms with Gasteiger partial charge < -0.3 is 9.26 Å². The van der Waals surface area contributed by atoms with E-state index in [1.165, 1.54) is 7.11 Å². The van der Waals surface area contributed by atoms with Crippen molar-refractivity contribution in [3.05, 3.63) is 23.4 Å². The Morgan fingerprint density at radius 2 is 2.52 bits per heavy atom. The highest BCUT2D eigenvalue weighted by atomic mass is 32.1. The van der Waals surface area contributed by atoms with Crippen LogP contribution in [0, 0.1) is 5.92 Å². The number of esters is 1. The highest BCUT2D eigenvalue weighted by Crippen LogP contribution is 2.23. The molecule has 0 aliphatic carbocycles. The number of aromatic nitrogens is 2. The summed E-state index contributed by atoms with van der Waals surface area (Å²) in [6, 6.07) is 3.93. The number of likely N-dealkylation sites (tertiary alicyclic amines) is 1. The van der Waals surface area contributed by atoms with Crippen LogP contribution in [0.2, 0.25) is 0 Å². The Labute approximate surface area is 126 Å². The van der Waals surface area contributed by atoms with E-state index in [0.717, 1.165) is 24.3 Å². The van der Waals surface area contributed by atoms with Crippen molar-refractivity contribution in [2.75, 3.05) is 20.2 Å². The first-order valence-corrected chi connectivity index (χ1v) is 7.81. The summed E-state index contributed by atoms with van der Waals surface area (Å²) in [6.45, 7) is 2.19. The minimum absolute atomic E-state index is 0.0524. The molecule has 0 bridgehead atoms. The maximum atomic E-state index is 11.6. The first-order valence-electron chi connectivity index (χ1n) is 6.93. The monoisotopic (exact) mass is 307 g/mol. The van der Waals surface area contributed by atoms with E-state index in [4.69, 9.17) is 9.26 Å². The summed E-state index contributed by atoms with van der Waals surface area (Å²) in [5, 5.41) is 5.98. The molecule has 1 saturated heterocycles. The van der Waals surface area contributed by atoms with E-state index in [1.807, 2.05) is 17.5 Å². The Bertz CT molecular complexity index is 596. The van der Waals surface area contributed by atoms with E-state index in [0.29, 0.717) is 24.8 Å². The summed E-state index contributed by atoms with van der Waals surface area (Å²) in [4.78, 5) is 19.2. The Morgan fingerprint density at radius 3 is 3.29 bits per heavy atom. The van der Waals surface area contributed by atoms with Crippen LogP contribution >= 0.6 is 11.3 Å². The van der Waals surface area contributed by atoms with Crippen molar-refractivity contribution < 1.29 is 14.1 Å². The molecule has 0 radical (unpaired) electrons. The fraction of sp³-hybridized carbons (Fsp3) is 0.500. The van der Waals surface area contributed by atoms with Gasteiger partial charge in [0.2, 0.25) is 11.7 Å². The van der Waals surface area contributed by atoms with Crippen LogP contribution in [0.25, 0.3) is 10.7 Å². The molecule has 1 atom stereocenters. The largest absolute Gasteiger partial charge is 0.469 e. The molecule has 0 amide bonds. The number of rotatable bonds is 4. The van der Waals surface area contributed by atoms with Crippen molar-refractivity contribution in [2.45, 2.75) is 19.4 Å². The summed E-state index contributed by atoms with van der Waals surface area (Å²) in [5.74, 6) is 1.03. The number of piperidine rings is 1. The third kappa shape index (κ3) is 3.30. The van der Waals surface area contributed by atoms with Crippen LogP contribution in [0.1, 0.15) is 18.7 Å². The third-order valence-corrected chi connectivity index (χ3v) is 4.47. The molecule has 3 heterocycles. The summed E-state index contributed by atoms with van der Waals surface area (Å²) in [6.07, 6.45) is 1.86. The number of hydrogen-bond donors (Lipinski definition) is 0. The fourth-order valence-electron chi connectivity index (χ4n) is 2.57. The molecule has 6 nitrogen and oxygen atoms in total. The number of nitrogens with zero attached hydrogens (tertiary/aromatic N) is 3. The molecule has 0 aromatic carbocycles. The minimum Gasteiger partial charge on any atom is -0.469 e. The molecule has 1 aliphatic heterocycles. The molecule has 0 unspecified atom stereocenters. The molecule has 0 N–H and O–H groups in total. The molecule has 0 saturated carbocycles. The van der Waals surface area contributed by atoms with Crippen LogP contribution in [0.5, 0.6) is 0 Å². The van der Waals surface area contributed by atoms with Gasteiger partial charge >= 0.3 is 5.97 Å². The van der Waals surface area contributed by atoms with Crippen LogP contribution in [0.4, 0.5) is 0 Å². The van der Waals surface area contributed by atoms with Crippen molar-refractivity contribution in [3.8, 4) is 10.7 Å². The van der Waals surface area contributed by atoms with Crippen molar-refractivity contribution in [3.63, 3.8) is 0 Å². The lowest BCUT2D eigenvalue weighted by Gasteiger charge is -2.29. The minimum atomic E-state index is -0.135. The normalized spacial score (nSPS) is 19.6. The van der Waals surface area contributed by atoms with Gasteiger partial charge in [-0.3, -0.25) is 9.69 Å². The number of methoxy groups -OCH3 is 1. The lowest BCUT2D eigenvalue weighted by molar-refractivity contribution is -0.147. The molecule has 1 aliphatic rings. The van der Waals surface area contributed by atoms with E-state index in [9.17, 15) is 4.79 Å². The van der Waals surface area contributed by atoms with Crippen LogP contribution in [-0.2, 0) is 16.1 Å². The summed E-state index contributed by atoms with van der Waals surface area (Å²) >= 11 is 1.58. The summed E-state index contributed by atoms with van der Waals surface area (Å²) in [5.41, 5.74) is 0. The second kappa shape index (κ2) is 6.36. The highest BCUT2D eigenvalue weighted by Gasteiger charge is 2.27. The average Bonchev–Trinajstić information content (AvgIpc) is 3.17. The molecule has 21 heavy (non-hydrogen) atoms. The van der Waals surface area contributed by atoms with Crippen molar-refractivity contribution in [1.82, 2.24) is 15.0 Å². The fourth-order valence-corrected chi connectivity index (χ4v) is 3.22. The zero-order chi connectivity index (χ0) is 14.7. The molecule has 2 aromatic rings. The Balaban J connectivity index is 1.62. The van der Waals surface area contributed by atoms with Crippen molar-refractivity contribution in [2.24, 2.45) is 5.92 Å². The van der Waals surface area contributed by atoms with Crippen molar-refractivity contribution >= 4 is 17.3 Å². The molecular weight excluding hydrogens is 290 g/mol. The molecular formula is C14H17N3O3S. The van der Waals surface area contributed by atoms with Gasteiger partial charge in [-0.2, -0.15) is 4.98 Å². The van der Waals surface area contributed by atoms with Gasteiger partial charge in [-0.15, -0.1) is 11.3 Å². The zero-order valence-corrected chi connectivity index (χ0v) is 12.6. The van der Waals surface area contributed by atoms with Crippen LogP contribution in [-0.4, -0.2) is 41.2 Å². The maximum absolute atomic E-state index is 11.6. The van der Waals surface area contributed by atoms with E-state index < -0.39 is 0 Å². The lowest BCUT2D eigenvalue weighted by atomic mass is 9.98. The Kier molecular flexibility index (Phi) is 4.31. The van der Waals surface area contributed by atoms with Crippen LogP contribution in [0.15, 0.2) is 22.0 Å². The van der Waals surface area contributed by atoms with Gasteiger partial charge in [0.05, 0.1) is 24.4 Å². The molecule has 0 spiro atoms. The SMILES string of the molecule is COC(=O)[C@H]1CCCN(Cc2nc(-c3cccs3)no2)C1. The lowest BCUT2D eigenvalue weighted by Crippen LogP contribution is -2.38. The van der Waals surface area contributed by atoms with E-state index in [-0.39, 0.29) is 11.9 Å². The standard InChI is InChI=1S/C14H17N3O3S/c1-19-14(18)10-4-2-6-17(8-10)9-12-15-13(16-20-12)11-5-3-7-21-11/h3,5,7,10H,2,4,6,8-9H2,1H3/t10-/m0/s1. The smallest absolute Gasteiger partial charge is 0.309 e. The second-order valence-corrected chi connectivity index (χ2v) is 6.03. The molecule has 1 fully saturated rings. The first kappa shape index (κ1) is 14.2. The van der Waals surface area contributed by atoms with Gasteiger partial charge in [0.25, 0.3) is 0 Å². The van der Waals surface area contributed by atoms with Crippen LogP contribution in [0.3, 0.4) is 0 Å². The van der Waals surface area contributed by atoms with Gasteiger partial charge in [-0.25, -0.2) is 0 Å². The van der Waals surface area contributed by atoms with Gasteiger partial charge in [-0.05, 0) is 30.8 Å². The maximum Gasteiger partial charge on any atom is 0.309 e. The number of carbonyl (C=O) groups excluding carboxylic acids is 1. The highest BCUT2D eigenvalue weighted by molar-refractivity contribution is 7.13. The number of hydrogen-bond acceptors (Lipinski definition) is 7. The summed E-state index contributed by atoms with van der Waals surface area (Å²) < 4.78 is 10.1. The number of ether oxygens (including phenoxy) is 1. The molecule has 112 valence electrons. The van der Waals surface area contributed by atoms with Crippen molar-refractivity contribution in [1.29, 1.82) is 0 Å². The van der Waals surface area contributed by atoms with Gasteiger partial charge in [0.1, 0.15) is 0 Å². The average molecular weight is 307 g/mol. The van der Waals surface area contributed by atoms with E-state index in [2.05, 4.69) is 15.0 Å². The number of carbonyl (C=O) groups is 1. The first-order chi connectivity index (χ1) is 10.3. The third-order valence-electron chi connectivity index (χ3n) is 3.61. The predicted molar refractivity (Wildman–Crippen MR) is 77.6 cm³/mol. The topological polar surface area (TPSA) is 68.5 Å². The molecule has 3 rings (SSSR count). The van der Waals surface area contributed by atoms with Gasteiger partial charge in [0, 0.05) is 6.54 Å². The van der Waals surface area contributed by atoms with Crippen LogP contribution < -0.4 is 0 Å². The molecule has 2 aromatic heterocycles. The summed E-state index contributed by atoms with van der Waals surface area (Å²) in [7, 11) is 1.44. The quantitative estimate of drug-likeness (QED) is 0.807. The Hall–Kier alpha value is -1.73. The van der Waals surface area contributed by atoms with E-state index >= 15 is 0 Å². The Morgan fingerprint density at radius 1 is 1.62 bits per heavy atom. The number of thiophene rings is 1. The van der Waals surface area contributed by atoms with Gasteiger partial charge in [-0.1, -0.05) is 11.2 Å². The van der Waals surface area contributed by atoms with Gasteiger partial charge in [0.15, 0.2) is 0 Å². The second-order valence-electron chi connectivity index (χ2n) is 5.09. The zero-order valence-electron chi connectivity index (χ0n) is 11.8. The predicted octanol–water partition coefficient (Wildman–Crippen LogP) is 2.18. The molecule has 7 heteroatoms.